The van der Waals surface area contributed by atoms with Gasteiger partial charge in [0.2, 0.25) is 0 Å². The normalized spacial score (nSPS) is 10.2. The van der Waals surface area contributed by atoms with Gasteiger partial charge in [-0.3, -0.25) is 4.79 Å². The highest BCUT2D eigenvalue weighted by molar-refractivity contribution is 7.98. The summed E-state index contributed by atoms with van der Waals surface area (Å²) in [5.74, 6) is 0.0842. The van der Waals surface area contributed by atoms with Gasteiger partial charge >= 0.3 is 0 Å². The maximum Gasteiger partial charge on any atom is 0.193 e. The molecule has 0 unspecified atom stereocenters. The van der Waals surface area contributed by atoms with E-state index in [0.717, 1.165) is 16.0 Å². The van der Waals surface area contributed by atoms with Gasteiger partial charge in [-0.2, -0.15) is 0 Å². The second-order valence-corrected chi connectivity index (χ2v) is 4.81. The van der Waals surface area contributed by atoms with Crippen LogP contribution in [0.15, 0.2) is 53.4 Å². The molecule has 0 radical (unpaired) electrons. The molecule has 1 nitrogen and oxygen atoms in total. The average Bonchev–Trinajstić information content (AvgIpc) is 2.39. The average molecular weight is 242 g/mol. The van der Waals surface area contributed by atoms with E-state index in [2.05, 4.69) is 0 Å². The van der Waals surface area contributed by atoms with Crippen LogP contribution in [0.5, 0.6) is 0 Å². The van der Waals surface area contributed by atoms with Gasteiger partial charge in [0.1, 0.15) is 0 Å². The van der Waals surface area contributed by atoms with Crippen molar-refractivity contribution in [1.82, 2.24) is 0 Å². The molecule has 0 spiro atoms. The lowest BCUT2D eigenvalue weighted by Crippen LogP contribution is -2.01. The third-order valence-electron chi connectivity index (χ3n) is 2.65. The molecular weight excluding hydrogens is 228 g/mol. The third kappa shape index (κ3) is 2.77. The van der Waals surface area contributed by atoms with E-state index in [0.29, 0.717) is 0 Å². The van der Waals surface area contributed by atoms with Crippen molar-refractivity contribution in [3.63, 3.8) is 0 Å². The largest absolute Gasteiger partial charge is 0.289 e. The standard InChI is InChI=1S/C15H14OS/c1-11-6-8-12(9-7-11)15(16)13-4-3-5-14(10-13)17-2/h3-10H,1-2H3. The number of thioether (sulfide) groups is 1. The first kappa shape index (κ1) is 11.9. The molecule has 0 amide bonds. The summed E-state index contributed by atoms with van der Waals surface area (Å²) < 4.78 is 0. The Morgan fingerprint density at radius 3 is 2.35 bits per heavy atom. The number of ketones is 1. The fourth-order valence-corrected chi connectivity index (χ4v) is 2.10. The van der Waals surface area contributed by atoms with Crippen molar-refractivity contribution in [3.8, 4) is 0 Å². The van der Waals surface area contributed by atoms with Crippen molar-refractivity contribution in [2.45, 2.75) is 11.8 Å². The van der Waals surface area contributed by atoms with Crippen LogP contribution in [0.4, 0.5) is 0 Å². The minimum absolute atomic E-state index is 0.0842. The summed E-state index contributed by atoms with van der Waals surface area (Å²) in [6.45, 7) is 2.02. The highest BCUT2D eigenvalue weighted by Gasteiger charge is 2.08. The Morgan fingerprint density at radius 2 is 1.71 bits per heavy atom. The van der Waals surface area contributed by atoms with Gasteiger partial charge in [-0.25, -0.2) is 0 Å². The van der Waals surface area contributed by atoms with Gasteiger partial charge in [-0.1, -0.05) is 42.0 Å². The summed E-state index contributed by atoms with van der Waals surface area (Å²) in [6.07, 6.45) is 2.01. The van der Waals surface area contributed by atoms with Gasteiger partial charge in [-0.15, -0.1) is 11.8 Å². The lowest BCUT2D eigenvalue weighted by Gasteiger charge is -2.03. The van der Waals surface area contributed by atoms with Crippen LogP contribution >= 0.6 is 11.8 Å². The van der Waals surface area contributed by atoms with Crippen LogP contribution in [0, 0.1) is 6.92 Å². The number of benzene rings is 2. The quantitative estimate of drug-likeness (QED) is 0.599. The van der Waals surface area contributed by atoms with Crippen molar-refractivity contribution < 1.29 is 4.79 Å². The lowest BCUT2D eigenvalue weighted by atomic mass is 10.0. The highest BCUT2D eigenvalue weighted by Crippen LogP contribution is 2.18. The van der Waals surface area contributed by atoms with E-state index in [1.165, 1.54) is 5.56 Å². The number of carbonyl (C=O) groups is 1. The molecule has 0 bridgehead atoms. The van der Waals surface area contributed by atoms with Crippen molar-refractivity contribution in [3.05, 3.63) is 65.2 Å². The monoisotopic (exact) mass is 242 g/mol. The molecule has 2 heteroatoms. The number of carbonyl (C=O) groups excluding carboxylic acids is 1. The van der Waals surface area contributed by atoms with Gasteiger partial charge < -0.3 is 0 Å². The maximum atomic E-state index is 12.2. The smallest absolute Gasteiger partial charge is 0.193 e. The first-order valence-electron chi connectivity index (χ1n) is 5.46. The number of hydrogen-bond donors (Lipinski definition) is 0. The van der Waals surface area contributed by atoms with Gasteiger partial charge in [-0.05, 0) is 25.3 Å². The van der Waals surface area contributed by atoms with Crippen LogP contribution in [0.25, 0.3) is 0 Å². The molecule has 0 saturated carbocycles. The van der Waals surface area contributed by atoms with E-state index in [1.807, 2.05) is 61.7 Å². The molecular formula is C15H14OS. The molecule has 0 aromatic heterocycles. The van der Waals surface area contributed by atoms with Crippen molar-refractivity contribution >= 4 is 17.5 Å². The molecule has 2 aromatic rings. The van der Waals surface area contributed by atoms with Gasteiger partial charge in [0.25, 0.3) is 0 Å². The summed E-state index contributed by atoms with van der Waals surface area (Å²) in [5, 5.41) is 0. The zero-order valence-corrected chi connectivity index (χ0v) is 10.8. The summed E-state index contributed by atoms with van der Waals surface area (Å²) in [6, 6.07) is 15.4. The number of hydrogen-bond acceptors (Lipinski definition) is 2. The maximum absolute atomic E-state index is 12.2. The zero-order chi connectivity index (χ0) is 12.3. The molecule has 0 fully saturated rings. The Labute approximate surface area is 106 Å². The van der Waals surface area contributed by atoms with Gasteiger partial charge in [0, 0.05) is 16.0 Å². The Bertz CT molecular complexity index is 529. The van der Waals surface area contributed by atoms with E-state index < -0.39 is 0 Å². The van der Waals surface area contributed by atoms with Crippen LogP contribution in [0.1, 0.15) is 21.5 Å². The lowest BCUT2D eigenvalue weighted by molar-refractivity contribution is 0.103. The van der Waals surface area contributed by atoms with E-state index in [1.54, 1.807) is 11.8 Å². The second kappa shape index (κ2) is 5.19. The molecule has 0 aliphatic rings. The van der Waals surface area contributed by atoms with E-state index in [9.17, 15) is 4.79 Å². The highest BCUT2D eigenvalue weighted by atomic mass is 32.2. The number of rotatable bonds is 3. The fourth-order valence-electron chi connectivity index (χ4n) is 1.64. The van der Waals surface area contributed by atoms with E-state index >= 15 is 0 Å². The van der Waals surface area contributed by atoms with Gasteiger partial charge in [0.15, 0.2) is 5.78 Å². The minimum Gasteiger partial charge on any atom is -0.289 e. The summed E-state index contributed by atoms with van der Waals surface area (Å²) >= 11 is 1.65. The first-order chi connectivity index (χ1) is 8.20. The molecule has 17 heavy (non-hydrogen) atoms. The Kier molecular flexibility index (Phi) is 3.64. The minimum atomic E-state index is 0.0842. The molecule has 0 N–H and O–H groups in total. The molecule has 86 valence electrons. The van der Waals surface area contributed by atoms with E-state index in [4.69, 9.17) is 0 Å². The Morgan fingerprint density at radius 1 is 1.00 bits per heavy atom. The van der Waals surface area contributed by atoms with Gasteiger partial charge in [0.05, 0.1) is 0 Å². The fraction of sp³-hybridized carbons (Fsp3) is 0.133. The van der Waals surface area contributed by atoms with Crippen molar-refractivity contribution in [2.24, 2.45) is 0 Å². The second-order valence-electron chi connectivity index (χ2n) is 3.93. The predicted octanol–water partition coefficient (Wildman–Crippen LogP) is 3.95. The summed E-state index contributed by atoms with van der Waals surface area (Å²) in [7, 11) is 0. The molecule has 0 heterocycles. The molecule has 0 aliphatic heterocycles. The zero-order valence-electron chi connectivity index (χ0n) is 9.94. The van der Waals surface area contributed by atoms with Crippen LogP contribution < -0.4 is 0 Å². The summed E-state index contributed by atoms with van der Waals surface area (Å²) in [5.41, 5.74) is 2.66. The molecule has 0 saturated heterocycles. The SMILES string of the molecule is CSc1cccc(C(=O)c2ccc(C)cc2)c1. The van der Waals surface area contributed by atoms with Crippen LogP contribution in [0.2, 0.25) is 0 Å². The molecule has 2 aromatic carbocycles. The predicted molar refractivity (Wildman–Crippen MR) is 72.8 cm³/mol. The molecule has 0 aliphatic carbocycles. The first-order valence-corrected chi connectivity index (χ1v) is 6.68. The van der Waals surface area contributed by atoms with Crippen molar-refractivity contribution in [2.75, 3.05) is 6.26 Å². The van der Waals surface area contributed by atoms with E-state index in [-0.39, 0.29) is 5.78 Å². The Balaban J connectivity index is 2.33. The molecule has 2 rings (SSSR count). The Hall–Kier alpha value is -1.54. The summed E-state index contributed by atoms with van der Waals surface area (Å²) in [4.78, 5) is 13.3. The van der Waals surface area contributed by atoms with Crippen molar-refractivity contribution in [1.29, 1.82) is 0 Å². The topological polar surface area (TPSA) is 17.1 Å². The third-order valence-corrected chi connectivity index (χ3v) is 3.37. The van der Waals surface area contributed by atoms with Crippen LogP contribution in [-0.4, -0.2) is 12.0 Å². The van der Waals surface area contributed by atoms with Crippen LogP contribution in [0.3, 0.4) is 0 Å². The van der Waals surface area contributed by atoms with Crippen LogP contribution in [-0.2, 0) is 0 Å². The number of aryl methyl sites for hydroxylation is 1. The molecule has 0 atom stereocenters.